The van der Waals surface area contributed by atoms with Gasteiger partial charge in [-0.15, -0.1) is 13.2 Å². The zero-order valence-electron chi connectivity index (χ0n) is 17.8. The van der Waals surface area contributed by atoms with Gasteiger partial charge in [0.2, 0.25) is 0 Å². The van der Waals surface area contributed by atoms with Gasteiger partial charge < -0.3 is 14.8 Å². The lowest BCUT2D eigenvalue weighted by Gasteiger charge is -2.26. The van der Waals surface area contributed by atoms with E-state index in [1.54, 1.807) is 16.3 Å². The number of fused-ring (bicyclic) bond motifs is 3. The smallest absolute Gasteiger partial charge is 0.461 e. The Morgan fingerprint density at radius 1 is 1.06 bits per heavy atom. The number of methoxy groups -OCH3 is 1. The minimum absolute atomic E-state index is 0.305. The summed E-state index contributed by atoms with van der Waals surface area (Å²) in [4.78, 5) is 7.22. The summed E-state index contributed by atoms with van der Waals surface area (Å²) in [5.74, 6) is 0.143. The number of piperazine rings is 1. The predicted octanol–water partition coefficient (Wildman–Crippen LogP) is 2.47. The highest BCUT2D eigenvalue weighted by atomic mass is 19.4. The van der Waals surface area contributed by atoms with E-state index in [0.717, 1.165) is 42.9 Å². The fraction of sp³-hybridized carbons (Fsp3) is 0.318. The second-order valence-corrected chi connectivity index (χ2v) is 7.69. The minimum atomic E-state index is -4.75. The highest BCUT2D eigenvalue weighted by Gasteiger charge is 2.32. The molecule has 0 bridgehead atoms. The number of hydrogen-bond donors (Lipinski definition) is 1. The van der Waals surface area contributed by atoms with E-state index in [2.05, 4.69) is 15.0 Å². The lowest BCUT2D eigenvalue weighted by Crippen LogP contribution is -2.43. The fourth-order valence-corrected chi connectivity index (χ4v) is 4.05. The Kier molecular flexibility index (Phi) is 5.51. The molecule has 5 rings (SSSR count). The highest BCUT2D eigenvalue weighted by molar-refractivity contribution is 5.74. The second kappa shape index (κ2) is 8.49. The maximum Gasteiger partial charge on any atom is 0.573 e. The van der Waals surface area contributed by atoms with Gasteiger partial charge in [0.15, 0.2) is 11.2 Å². The van der Waals surface area contributed by atoms with Crippen molar-refractivity contribution in [3.63, 3.8) is 0 Å². The van der Waals surface area contributed by atoms with Gasteiger partial charge in [-0.2, -0.15) is 0 Å². The van der Waals surface area contributed by atoms with Crippen molar-refractivity contribution in [1.82, 2.24) is 25.1 Å². The van der Waals surface area contributed by atoms with Crippen LogP contribution in [0, 0.1) is 0 Å². The molecule has 1 aliphatic heterocycles. The quantitative estimate of drug-likeness (QED) is 0.463. The summed E-state index contributed by atoms with van der Waals surface area (Å²) in [6, 6.07) is 13.2. The number of ether oxygens (including phenoxy) is 2. The number of halogens is 3. The molecule has 0 saturated carbocycles. The topological polar surface area (TPSA) is 68.5 Å². The molecule has 0 unspecified atom stereocenters. The normalized spacial score (nSPS) is 15.3. The van der Waals surface area contributed by atoms with E-state index < -0.39 is 6.36 Å². The molecule has 1 N–H and O–H groups in total. The predicted molar refractivity (Wildman–Crippen MR) is 113 cm³/mol. The first-order valence-corrected chi connectivity index (χ1v) is 10.5. The van der Waals surface area contributed by atoms with Gasteiger partial charge in [-0.1, -0.05) is 21.3 Å². The van der Waals surface area contributed by atoms with Gasteiger partial charge in [-0.25, -0.2) is 4.98 Å². The summed E-state index contributed by atoms with van der Waals surface area (Å²) in [6.07, 6.45) is -4.75. The van der Waals surface area contributed by atoms with E-state index >= 15 is 0 Å². The summed E-state index contributed by atoms with van der Waals surface area (Å²) >= 11 is 0. The van der Waals surface area contributed by atoms with Crippen LogP contribution in [0.4, 0.5) is 13.2 Å². The van der Waals surface area contributed by atoms with Crippen molar-refractivity contribution in [3.05, 3.63) is 54.2 Å². The van der Waals surface area contributed by atoms with E-state index in [-0.39, 0.29) is 5.75 Å². The van der Waals surface area contributed by atoms with Gasteiger partial charge in [-0.05, 0) is 36.4 Å². The number of nitrogens with zero attached hydrogens (tertiary/aromatic N) is 5. The fourth-order valence-electron chi connectivity index (χ4n) is 4.05. The second-order valence-electron chi connectivity index (χ2n) is 7.69. The number of benzene rings is 2. The van der Waals surface area contributed by atoms with Crippen LogP contribution in [-0.2, 0) is 6.54 Å². The van der Waals surface area contributed by atoms with Crippen molar-refractivity contribution >= 4 is 16.6 Å². The summed E-state index contributed by atoms with van der Waals surface area (Å²) in [5, 5.41) is 8.06. The number of hydrogen-bond acceptors (Lipinski definition) is 6. The molecule has 172 valence electrons. The Bertz CT molecular complexity index is 1280. The molecule has 0 amide bonds. The molecule has 3 heterocycles. The van der Waals surface area contributed by atoms with Crippen molar-refractivity contribution in [1.29, 1.82) is 0 Å². The van der Waals surface area contributed by atoms with Gasteiger partial charge in [0.05, 0.1) is 7.11 Å². The molecule has 2 aromatic carbocycles. The summed E-state index contributed by atoms with van der Waals surface area (Å²) < 4.78 is 50.6. The Morgan fingerprint density at radius 3 is 2.48 bits per heavy atom. The summed E-state index contributed by atoms with van der Waals surface area (Å²) in [6.45, 7) is 4.24. The Balaban J connectivity index is 1.64. The van der Waals surface area contributed by atoms with Gasteiger partial charge >= 0.3 is 12.2 Å². The number of nitrogens with one attached hydrogen (secondary N) is 1. The average Bonchev–Trinajstić information content (AvgIpc) is 3.20. The van der Waals surface area contributed by atoms with Crippen molar-refractivity contribution < 1.29 is 27.2 Å². The molecule has 4 aromatic rings. The first-order valence-electron chi connectivity index (χ1n) is 10.5. The van der Waals surface area contributed by atoms with Crippen molar-refractivity contribution in [2.24, 2.45) is 0 Å². The first-order chi connectivity index (χ1) is 15.9. The average molecular weight is 459 g/mol. The van der Waals surface area contributed by atoms with Crippen LogP contribution in [0.15, 0.2) is 48.5 Å². The largest absolute Gasteiger partial charge is 0.573 e. The van der Waals surface area contributed by atoms with Crippen molar-refractivity contribution in [2.45, 2.75) is 12.9 Å². The lowest BCUT2D eigenvalue weighted by molar-refractivity contribution is -0.556. The number of para-hydroxylation sites is 2. The Morgan fingerprint density at radius 2 is 1.79 bits per heavy atom. The van der Waals surface area contributed by atoms with Crippen molar-refractivity contribution in [2.75, 3.05) is 33.3 Å². The van der Waals surface area contributed by atoms with Gasteiger partial charge in [-0.3, -0.25) is 4.90 Å². The van der Waals surface area contributed by atoms with Crippen LogP contribution in [-0.4, -0.2) is 59.4 Å². The molecule has 0 spiro atoms. The number of rotatable bonds is 5. The molecule has 0 aliphatic carbocycles. The Hall–Kier alpha value is -3.44. The highest BCUT2D eigenvalue weighted by Crippen LogP contribution is 2.28. The van der Waals surface area contributed by atoms with Crippen LogP contribution < -0.4 is 19.3 Å². The van der Waals surface area contributed by atoms with Gasteiger partial charge in [0, 0.05) is 32.7 Å². The zero-order valence-corrected chi connectivity index (χ0v) is 17.8. The molecule has 1 fully saturated rings. The molecular weight excluding hydrogens is 437 g/mol. The minimum Gasteiger partial charge on any atom is -0.461 e. The first kappa shape index (κ1) is 21.4. The van der Waals surface area contributed by atoms with E-state index in [0.29, 0.717) is 23.6 Å². The third-order valence-corrected chi connectivity index (χ3v) is 5.52. The van der Waals surface area contributed by atoms with Crippen molar-refractivity contribution in [3.8, 4) is 17.3 Å². The maximum absolute atomic E-state index is 12.5. The molecule has 2 aromatic heterocycles. The Labute approximate surface area is 187 Å². The van der Waals surface area contributed by atoms with E-state index in [9.17, 15) is 13.2 Å². The molecule has 0 radical (unpaired) electrons. The van der Waals surface area contributed by atoms with E-state index in [4.69, 9.17) is 14.9 Å². The molecule has 0 atom stereocenters. The third-order valence-electron chi connectivity index (χ3n) is 5.52. The standard InChI is InChI=1S/C22H22F3N6O2/c1-32-21-20-18(14-29-12-10-26-11-13-29)27-17-4-2-3-5-19(17)31(20)28-30(21)15-6-8-16(9-7-15)33-22(23,24)25/h2-9,26H,10-14H2,1H3/q+1. The van der Waals surface area contributed by atoms with E-state index in [1.807, 2.05) is 24.3 Å². The third kappa shape index (κ3) is 4.29. The van der Waals surface area contributed by atoms with Gasteiger partial charge in [0.1, 0.15) is 22.2 Å². The maximum atomic E-state index is 12.5. The van der Waals surface area contributed by atoms with Crippen LogP contribution in [0.2, 0.25) is 0 Å². The zero-order chi connectivity index (χ0) is 23.0. The monoisotopic (exact) mass is 459 g/mol. The van der Waals surface area contributed by atoms with Crippen LogP contribution in [0.1, 0.15) is 5.69 Å². The molecular formula is C22H22F3N6O2+. The number of aromatic nitrogens is 4. The van der Waals surface area contributed by atoms with Crippen LogP contribution in [0.3, 0.4) is 0 Å². The van der Waals surface area contributed by atoms with Crippen LogP contribution >= 0.6 is 0 Å². The number of alkyl halides is 3. The van der Waals surface area contributed by atoms with E-state index in [1.165, 1.54) is 24.3 Å². The molecule has 11 heteroatoms. The molecule has 8 nitrogen and oxygen atoms in total. The molecule has 33 heavy (non-hydrogen) atoms. The summed E-state index contributed by atoms with van der Waals surface area (Å²) in [5.41, 5.74) is 3.65. The SMILES string of the molecule is COc1c2c(CN3CCNCC3)nc3ccccc3[n+]2nn1-c1ccc(OC(F)(F)F)cc1. The lowest BCUT2D eigenvalue weighted by atomic mass is 10.2. The van der Waals surface area contributed by atoms with Gasteiger partial charge in [0.25, 0.3) is 5.52 Å². The molecule has 1 aliphatic rings. The van der Waals surface area contributed by atoms with Crippen LogP contribution in [0.5, 0.6) is 11.6 Å². The molecule has 1 saturated heterocycles. The summed E-state index contributed by atoms with van der Waals surface area (Å²) in [7, 11) is 1.54. The van der Waals surface area contributed by atoms with Crippen LogP contribution in [0.25, 0.3) is 22.2 Å².